The Bertz CT molecular complexity index is 884. The van der Waals surface area contributed by atoms with Crippen LogP contribution < -0.4 is 10.7 Å². The summed E-state index contributed by atoms with van der Waals surface area (Å²) in [5.41, 5.74) is 2.46. The molecular weight excluding hydrogens is 395 g/mol. The van der Waals surface area contributed by atoms with Gasteiger partial charge in [-0.3, -0.25) is 9.59 Å². The maximum absolute atomic E-state index is 12.8. The van der Waals surface area contributed by atoms with Gasteiger partial charge in [0, 0.05) is 11.4 Å². The van der Waals surface area contributed by atoms with Crippen molar-refractivity contribution in [3.63, 3.8) is 0 Å². The van der Waals surface area contributed by atoms with E-state index >= 15 is 0 Å². The molecule has 2 aromatic carbocycles. The highest BCUT2D eigenvalue weighted by atomic mass is 35.5. The molecule has 0 radical (unpaired) electrons. The predicted octanol–water partition coefficient (Wildman–Crippen LogP) is 4.42. The van der Waals surface area contributed by atoms with Crippen LogP contribution in [-0.4, -0.2) is 17.5 Å². The first-order valence-corrected chi connectivity index (χ1v) is 8.60. The maximum atomic E-state index is 12.8. The van der Waals surface area contributed by atoms with Crippen LogP contribution >= 0.6 is 11.6 Å². The smallest absolute Gasteiger partial charge is 0.318 e. The Kier molecular flexibility index (Phi) is 7.17. The topological polar surface area (TPSA) is 70.6 Å². The molecule has 0 saturated carbocycles. The number of hydrazone groups is 1. The van der Waals surface area contributed by atoms with Crippen molar-refractivity contribution in [2.45, 2.75) is 25.9 Å². The molecule has 0 saturated heterocycles. The van der Waals surface area contributed by atoms with Crippen molar-refractivity contribution < 1.29 is 22.8 Å². The fourth-order valence-corrected chi connectivity index (χ4v) is 2.46. The molecule has 0 unspecified atom stereocenters. The van der Waals surface area contributed by atoms with Crippen LogP contribution in [0.3, 0.4) is 0 Å². The molecule has 2 rings (SSSR count). The first-order chi connectivity index (χ1) is 13.2. The van der Waals surface area contributed by atoms with Gasteiger partial charge in [0.2, 0.25) is 0 Å². The molecule has 2 aromatic rings. The average molecular weight is 412 g/mol. The number of aryl methyl sites for hydroxylation is 1. The van der Waals surface area contributed by atoms with Gasteiger partial charge in [-0.15, -0.1) is 0 Å². The maximum Gasteiger partial charge on any atom is 0.417 e. The Balaban J connectivity index is 1.91. The second-order valence-corrected chi connectivity index (χ2v) is 6.33. The van der Waals surface area contributed by atoms with E-state index in [1.165, 1.54) is 0 Å². The average Bonchev–Trinajstić information content (AvgIpc) is 2.65. The van der Waals surface area contributed by atoms with Crippen molar-refractivity contribution in [1.82, 2.24) is 5.43 Å². The van der Waals surface area contributed by atoms with Crippen LogP contribution in [0.2, 0.25) is 5.02 Å². The molecule has 5 nitrogen and oxygen atoms in total. The number of alkyl halides is 3. The summed E-state index contributed by atoms with van der Waals surface area (Å²) in [7, 11) is 0. The molecule has 2 N–H and O–H groups in total. The minimum Gasteiger partial charge on any atom is -0.318 e. The van der Waals surface area contributed by atoms with Crippen molar-refractivity contribution in [2.75, 3.05) is 5.32 Å². The van der Waals surface area contributed by atoms with E-state index < -0.39 is 28.6 Å². The van der Waals surface area contributed by atoms with Gasteiger partial charge in [-0.1, -0.05) is 41.9 Å². The molecule has 0 bridgehead atoms. The number of nitrogens with zero attached hydrogens (tertiary/aromatic N) is 1. The van der Waals surface area contributed by atoms with Crippen molar-refractivity contribution in [3.8, 4) is 0 Å². The summed E-state index contributed by atoms with van der Waals surface area (Å²) < 4.78 is 38.5. The molecule has 0 spiro atoms. The third-order valence-electron chi connectivity index (χ3n) is 3.70. The summed E-state index contributed by atoms with van der Waals surface area (Å²) in [4.78, 5) is 23.6. The molecule has 0 aliphatic rings. The van der Waals surface area contributed by atoms with Gasteiger partial charge in [0.25, 0.3) is 0 Å². The van der Waals surface area contributed by atoms with Crippen LogP contribution in [0.4, 0.5) is 18.9 Å². The van der Waals surface area contributed by atoms with Crippen molar-refractivity contribution in [3.05, 3.63) is 64.7 Å². The van der Waals surface area contributed by atoms with Crippen LogP contribution in [0.15, 0.2) is 53.6 Å². The van der Waals surface area contributed by atoms with E-state index in [0.717, 1.165) is 17.7 Å². The van der Waals surface area contributed by atoms with Crippen molar-refractivity contribution >= 4 is 34.8 Å². The largest absolute Gasteiger partial charge is 0.417 e. The van der Waals surface area contributed by atoms with Crippen molar-refractivity contribution in [1.29, 1.82) is 0 Å². The number of hydrogen-bond donors (Lipinski definition) is 2. The fraction of sp³-hybridized carbons (Fsp3) is 0.211. The number of anilines is 1. The predicted molar refractivity (Wildman–Crippen MR) is 101 cm³/mol. The number of amides is 2. The normalized spacial score (nSPS) is 11.8. The quantitative estimate of drug-likeness (QED) is 0.434. The van der Waals surface area contributed by atoms with Gasteiger partial charge in [0.1, 0.15) is 0 Å². The highest BCUT2D eigenvalue weighted by Gasteiger charge is 2.33. The van der Waals surface area contributed by atoms with E-state index in [1.54, 1.807) is 6.92 Å². The molecule has 2 amide bonds. The lowest BCUT2D eigenvalue weighted by Gasteiger charge is -2.11. The molecule has 0 aliphatic carbocycles. The van der Waals surface area contributed by atoms with Gasteiger partial charge in [0.15, 0.2) is 0 Å². The van der Waals surface area contributed by atoms with E-state index in [4.69, 9.17) is 11.6 Å². The molecule has 0 heterocycles. The Labute approximate surface area is 164 Å². The van der Waals surface area contributed by atoms with Gasteiger partial charge in [-0.2, -0.15) is 18.3 Å². The van der Waals surface area contributed by atoms with E-state index in [2.05, 4.69) is 15.8 Å². The molecule has 148 valence electrons. The Morgan fingerprint density at radius 3 is 2.39 bits per heavy atom. The number of rotatable bonds is 5. The van der Waals surface area contributed by atoms with E-state index in [-0.39, 0.29) is 5.69 Å². The number of hydrogen-bond acceptors (Lipinski definition) is 3. The fourth-order valence-electron chi connectivity index (χ4n) is 2.23. The van der Waals surface area contributed by atoms with Gasteiger partial charge >= 0.3 is 18.0 Å². The van der Waals surface area contributed by atoms with Crippen LogP contribution in [-0.2, 0) is 22.2 Å². The van der Waals surface area contributed by atoms with Crippen LogP contribution in [0.1, 0.15) is 24.5 Å². The molecule has 9 heteroatoms. The number of halogens is 4. The third-order valence-corrected chi connectivity index (χ3v) is 4.03. The lowest BCUT2D eigenvalue weighted by Crippen LogP contribution is -2.33. The number of benzene rings is 2. The van der Waals surface area contributed by atoms with Crippen LogP contribution in [0, 0.1) is 0 Å². The van der Waals surface area contributed by atoms with Crippen LogP contribution in [0.5, 0.6) is 0 Å². The van der Waals surface area contributed by atoms with Gasteiger partial charge in [0.05, 0.1) is 10.6 Å². The Morgan fingerprint density at radius 1 is 1.07 bits per heavy atom. The van der Waals surface area contributed by atoms with E-state index in [0.29, 0.717) is 24.6 Å². The Hall–Kier alpha value is -2.87. The molecule has 0 atom stereocenters. The van der Waals surface area contributed by atoms with Gasteiger partial charge in [-0.25, -0.2) is 5.43 Å². The summed E-state index contributed by atoms with van der Waals surface area (Å²) in [6.07, 6.45) is -3.40. The monoisotopic (exact) mass is 411 g/mol. The van der Waals surface area contributed by atoms with Crippen molar-refractivity contribution in [2.24, 2.45) is 5.10 Å². The number of carbonyl (C=O) groups excluding carboxylic acids is 2. The van der Waals surface area contributed by atoms with Gasteiger partial charge < -0.3 is 5.32 Å². The zero-order valence-corrected chi connectivity index (χ0v) is 15.6. The lowest BCUT2D eigenvalue weighted by atomic mass is 10.1. The van der Waals surface area contributed by atoms with Gasteiger partial charge in [-0.05, 0) is 43.5 Å². The third kappa shape index (κ3) is 6.38. The lowest BCUT2D eigenvalue weighted by molar-refractivity contribution is -0.137. The molecule has 28 heavy (non-hydrogen) atoms. The summed E-state index contributed by atoms with van der Waals surface area (Å²) in [6, 6.07) is 12.5. The minimum absolute atomic E-state index is 0.207. The zero-order valence-electron chi connectivity index (χ0n) is 14.8. The summed E-state index contributed by atoms with van der Waals surface area (Å²) in [5.74, 6) is -2.24. The highest BCUT2D eigenvalue weighted by molar-refractivity contribution is 6.39. The minimum atomic E-state index is -4.68. The number of nitrogens with one attached hydrogen (secondary N) is 2. The highest BCUT2D eigenvalue weighted by Crippen LogP contribution is 2.36. The summed E-state index contributed by atoms with van der Waals surface area (Å²) >= 11 is 5.51. The molecule has 0 fully saturated rings. The van der Waals surface area contributed by atoms with E-state index in [1.807, 2.05) is 30.3 Å². The molecule has 0 aromatic heterocycles. The number of carbonyl (C=O) groups is 2. The SMILES string of the molecule is C/C(CCc1ccccc1)=N/NC(=O)C(=O)Nc1ccc(Cl)c(C(F)(F)F)c1. The van der Waals surface area contributed by atoms with Crippen LogP contribution in [0.25, 0.3) is 0 Å². The Morgan fingerprint density at radius 2 is 1.75 bits per heavy atom. The standard InChI is InChI=1S/C19H17ClF3N3O2/c1-12(7-8-13-5-3-2-4-6-13)25-26-18(28)17(27)24-14-9-10-16(20)15(11-14)19(21,22)23/h2-6,9-11H,7-8H2,1H3,(H,24,27)(H,26,28)/b25-12-. The second-order valence-electron chi connectivity index (χ2n) is 5.92. The zero-order chi connectivity index (χ0) is 20.7. The summed E-state index contributed by atoms with van der Waals surface area (Å²) in [6.45, 7) is 1.69. The molecular formula is C19H17ClF3N3O2. The first-order valence-electron chi connectivity index (χ1n) is 8.22. The summed E-state index contributed by atoms with van der Waals surface area (Å²) in [5, 5.41) is 5.41. The first kappa shape index (κ1) is 21.4. The molecule has 0 aliphatic heterocycles. The van der Waals surface area contributed by atoms with E-state index in [9.17, 15) is 22.8 Å². The second kappa shape index (κ2) is 9.36.